The fraction of sp³-hybridized carbons (Fsp3) is 0.240. The van der Waals surface area contributed by atoms with E-state index in [1.54, 1.807) is 6.92 Å². The van der Waals surface area contributed by atoms with Crippen molar-refractivity contribution in [3.05, 3.63) is 88.7 Å². The molecule has 0 radical (unpaired) electrons. The topological polar surface area (TPSA) is 71.4 Å². The predicted octanol–water partition coefficient (Wildman–Crippen LogP) is 4.05. The lowest BCUT2D eigenvalue weighted by atomic mass is 9.91. The van der Waals surface area contributed by atoms with Crippen molar-refractivity contribution in [2.24, 2.45) is 0 Å². The third-order valence-corrected chi connectivity index (χ3v) is 5.95. The number of benzene rings is 2. The molecule has 0 spiro atoms. The van der Waals surface area contributed by atoms with Crippen LogP contribution in [-0.4, -0.2) is 33.7 Å². The van der Waals surface area contributed by atoms with Crippen LogP contribution in [0.5, 0.6) is 0 Å². The lowest BCUT2D eigenvalue weighted by Gasteiger charge is -2.22. The zero-order chi connectivity index (χ0) is 22.3. The molecule has 0 aliphatic carbocycles. The van der Waals surface area contributed by atoms with E-state index in [9.17, 15) is 14.4 Å². The molecule has 2 heterocycles. The average molecular weight is 415 g/mol. The van der Waals surface area contributed by atoms with Crippen molar-refractivity contribution >= 4 is 17.7 Å². The lowest BCUT2D eigenvalue weighted by Crippen LogP contribution is -2.41. The normalized spacial score (nSPS) is 18.4. The first kappa shape index (κ1) is 20.6. The Bertz CT molecular complexity index is 1180. The van der Waals surface area contributed by atoms with Gasteiger partial charge in [-0.15, -0.1) is 0 Å². The third kappa shape index (κ3) is 3.44. The Morgan fingerprint density at radius 1 is 0.968 bits per heavy atom. The van der Waals surface area contributed by atoms with Gasteiger partial charge in [-0.25, -0.2) is 4.79 Å². The number of imide groups is 1. The van der Waals surface area contributed by atoms with Crippen molar-refractivity contribution in [1.82, 2.24) is 14.8 Å². The molecule has 1 aliphatic rings. The molecule has 3 aromatic rings. The average Bonchev–Trinajstić information content (AvgIpc) is 3.16. The summed E-state index contributed by atoms with van der Waals surface area (Å²) in [5.74, 6) is -0.696. The monoisotopic (exact) mass is 415 g/mol. The zero-order valence-electron chi connectivity index (χ0n) is 18.1. The van der Waals surface area contributed by atoms with Crippen molar-refractivity contribution in [2.75, 3.05) is 6.54 Å². The van der Waals surface area contributed by atoms with Crippen LogP contribution in [0.4, 0.5) is 4.79 Å². The molecule has 1 aliphatic heterocycles. The maximum Gasteiger partial charge on any atom is 0.325 e. The van der Waals surface area contributed by atoms with Crippen LogP contribution in [0, 0.1) is 20.8 Å². The predicted molar refractivity (Wildman–Crippen MR) is 118 cm³/mol. The zero-order valence-corrected chi connectivity index (χ0v) is 18.1. The fourth-order valence-corrected chi connectivity index (χ4v) is 4.17. The Kier molecular flexibility index (Phi) is 5.01. The number of aryl methyl sites for hydroxylation is 2. The molecule has 2 aromatic carbocycles. The number of aromatic nitrogens is 1. The summed E-state index contributed by atoms with van der Waals surface area (Å²) in [4.78, 5) is 39.9. The van der Waals surface area contributed by atoms with Crippen LogP contribution in [0.1, 0.15) is 39.8 Å². The fourth-order valence-electron chi connectivity index (χ4n) is 4.17. The van der Waals surface area contributed by atoms with Crippen molar-refractivity contribution in [1.29, 1.82) is 0 Å². The number of hydrogen-bond acceptors (Lipinski definition) is 3. The SMILES string of the molecule is Cc1ccc(C2(C)NC(=O)N(CC(=O)c3cc(C)n(-c4ccccc4)c3C)C2=O)cc1. The highest BCUT2D eigenvalue weighted by Gasteiger charge is 2.49. The number of nitrogens with zero attached hydrogens (tertiary/aromatic N) is 2. The van der Waals surface area contributed by atoms with Gasteiger partial charge >= 0.3 is 6.03 Å². The van der Waals surface area contributed by atoms with Gasteiger partial charge in [-0.05, 0) is 51.5 Å². The van der Waals surface area contributed by atoms with E-state index < -0.39 is 17.5 Å². The Morgan fingerprint density at radius 2 is 1.61 bits per heavy atom. The minimum Gasteiger partial charge on any atom is -0.319 e. The Hall–Kier alpha value is -3.67. The molecule has 0 saturated carbocycles. The molecule has 0 bridgehead atoms. The highest BCUT2D eigenvalue weighted by molar-refractivity contribution is 6.11. The lowest BCUT2D eigenvalue weighted by molar-refractivity contribution is -0.130. The van der Waals surface area contributed by atoms with E-state index in [0.717, 1.165) is 27.5 Å². The first-order chi connectivity index (χ1) is 14.7. The molecule has 6 nitrogen and oxygen atoms in total. The molecule has 1 saturated heterocycles. The van der Waals surface area contributed by atoms with Gasteiger partial charge in [-0.3, -0.25) is 14.5 Å². The van der Waals surface area contributed by atoms with Gasteiger partial charge in [0.25, 0.3) is 5.91 Å². The number of urea groups is 1. The second-order valence-electron chi connectivity index (χ2n) is 8.19. The number of carbonyl (C=O) groups is 3. The number of carbonyl (C=O) groups excluding carboxylic acids is 3. The number of Topliss-reactive ketones (excluding diaryl/α,β-unsaturated/α-hetero) is 1. The minimum absolute atomic E-state index is 0.271. The Labute approximate surface area is 181 Å². The molecule has 6 heteroatoms. The van der Waals surface area contributed by atoms with Crippen molar-refractivity contribution < 1.29 is 14.4 Å². The van der Waals surface area contributed by atoms with Crippen LogP contribution in [0.2, 0.25) is 0 Å². The van der Waals surface area contributed by atoms with Crippen LogP contribution in [-0.2, 0) is 10.3 Å². The number of hydrogen-bond donors (Lipinski definition) is 1. The molecular weight excluding hydrogens is 390 g/mol. The highest BCUT2D eigenvalue weighted by Crippen LogP contribution is 2.29. The largest absolute Gasteiger partial charge is 0.325 e. The van der Waals surface area contributed by atoms with Gasteiger partial charge in [-0.1, -0.05) is 48.0 Å². The summed E-state index contributed by atoms with van der Waals surface area (Å²) in [6, 6.07) is 18.4. The smallest absolute Gasteiger partial charge is 0.319 e. The molecule has 31 heavy (non-hydrogen) atoms. The second-order valence-corrected chi connectivity index (χ2v) is 8.19. The summed E-state index contributed by atoms with van der Waals surface area (Å²) in [7, 11) is 0. The van der Waals surface area contributed by atoms with Gasteiger partial charge < -0.3 is 9.88 Å². The molecule has 3 amide bonds. The van der Waals surface area contributed by atoms with Crippen LogP contribution in [0.3, 0.4) is 0 Å². The Balaban J connectivity index is 1.60. The van der Waals surface area contributed by atoms with Crippen LogP contribution in [0.15, 0.2) is 60.7 Å². The highest BCUT2D eigenvalue weighted by atomic mass is 16.2. The number of rotatable bonds is 5. The molecule has 1 fully saturated rings. The summed E-state index contributed by atoms with van der Waals surface area (Å²) in [6.45, 7) is 7.13. The number of nitrogens with one attached hydrogen (secondary N) is 1. The summed E-state index contributed by atoms with van der Waals surface area (Å²) in [6.07, 6.45) is 0. The van der Waals surface area contributed by atoms with E-state index in [2.05, 4.69) is 5.32 Å². The first-order valence-electron chi connectivity index (χ1n) is 10.2. The quantitative estimate of drug-likeness (QED) is 0.505. The molecule has 4 rings (SSSR count). The molecule has 1 unspecified atom stereocenters. The van der Waals surface area contributed by atoms with E-state index in [-0.39, 0.29) is 12.3 Å². The maximum absolute atomic E-state index is 13.2. The number of amides is 3. The number of ketones is 1. The molecule has 158 valence electrons. The summed E-state index contributed by atoms with van der Waals surface area (Å²) in [5, 5.41) is 2.76. The van der Waals surface area contributed by atoms with Gasteiger partial charge in [-0.2, -0.15) is 0 Å². The Morgan fingerprint density at radius 3 is 2.26 bits per heavy atom. The number of para-hydroxylation sites is 1. The van der Waals surface area contributed by atoms with Crippen LogP contribution < -0.4 is 5.32 Å². The molecule has 1 aromatic heterocycles. The van der Waals surface area contributed by atoms with E-state index in [1.807, 2.05) is 86.0 Å². The molecule has 1 N–H and O–H groups in total. The van der Waals surface area contributed by atoms with Gasteiger partial charge in [0.15, 0.2) is 5.78 Å². The van der Waals surface area contributed by atoms with Crippen molar-refractivity contribution in [2.45, 2.75) is 33.2 Å². The van der Waals surface area contributed by atoms with E-state index >= 15 is 0 Å². The minimum atomic E-state index is -1.19. The van der Waals surface area contributed by atoms with Crippen LogP contribution in [0.25, 0.3) is 5.69 Å². The molecule has 1 atom stereocenters. The van der Waals surface area contributed by atoms with Crippen molar-refractivity contribution in [3.8, 4) is 5.69 Å². The standard InChI is InChI=1S/C25H25N3O3/c1-16-10-12-19(13-11-16)25(4)23(30)27(24(31)26-25)15-22(29)21-14-17(2)28(18(21)3)20-8-6-5-7-9-20/h5-14H,15H2,1-4H3,(H,26,31). The van der Waals surface area contributed by atoms with Gasteiger partial charge in [0.1, 0.15) is 5.54 Å². The summed E-state index contributed by atoms with van der Waals surface area (Å²) >= 11 is 0. The van der Waals surface area contributed by atoms with E-state index in [4.69, 9.17) is 0 Å². The third-order valence-electron chi connectivity index (χ3n) is 5.95. The maximum atomic E-state index is 13.2. The van der Waals surface area contributed by atoms with Crippen molar-refractivity contribution in [3.63, 3.8) is 0 Å². The van der Waals surface area contributed by atoms with E-state index in [1.165, 1.54) is 0 Å². The first-order valence-corrected chi connectivity index (χ1v) is 10.2. The van der Waals surface area contributed by atoms with Gasteiger partial charge in [0, 0.05) is 22.6 Å². The van der Waals surface area contributed by atoms with Gasteiger partial charge in [0.2, 0.25) is 0 Å². The van der Waals surface area contributed by atoms with Crippen LogP contribution >= 0.6 is 0 Å². The summed E-state index contributed by atoms with van der Waals surface area (Å²) < 4.78 is 2.00. The van der Waals surface area contributed by atoms with Gasteiger partial charge in [0.05, 0.1) is 6.54 Å². The second kappa shape index (κ2) is 7.54. The van der Waals surface area contributed by atoms with E-state index in [0.29, 0.717) is 11.1 Å². The molecular formula is C25H25N3O3. The summed E-state index contributed by atoms with van der Waals surface area (Å²) in [5.41, 5.74) is 3.71.